The van der Waals surface area contributed by atoms with E-state index in [1.165, 1.54) is 5.56 Å². The molecule has 1 aromatic carbocycles. The Hall–Kier alpha value is -2.34. The summed E-state index contributed by atoms with van der Waals surface area (Å²) in [4.78, 5) is 17.1. The monoisotopic (exact) mass is 370 g/mol. The predicted molar refractivity (Wildman–Crippen MR) is 106 cm³/mol. The van der Waals surface area contributed by atoms with Gasteiger partial charge in [0.15, 0.2) is 0 Å². The van der Waals surface area contributed by atoms with Crippen LogP contribution in [0.15, 0.2) is 24.4 Å². The standard InChI is InChI=1S/C21H30N4O2/c1-15(2)25-14-19(17(4)22-25)13-23-8-10-24(11-9-23)21(26)18-7-6-16(3)20(12-18)27-5/h6-7,12,14-15H,8-11,13H2,1-5H3. The molecule has 6 nitrogen and oxygen atoms in total. The van der Waals surface area contributed by atoms with Crippen LogP contribution in [0.5, 0.6) is 5.75 Å². The maximum absolute atomic E-state index is 12.8. The molecular weight excluding hydrogens is 340 g/mol. The van der Waals surface area contributed by atoms with Crippen LogP contribution in [-0.2, 0) is 6.54 Å². The van der Waals surface area contributed by atoms with E-state index >= 15 is 0 Å². The van der Waals surface area contributed by atoms with Crippen molar-refractivity contribution in [2.24, 2.45) is 0 Å². The van der Waals surface area contributed by atoms with Crippen LogP contribution in [0.3, 0.4) is 0 Å². The van der Waals surface area contributed by atoms with Gasteiger partial charge in [-0.25, -0.2) is 0 Å². The number of carbonyl (C=O) groups excluding carboxylic acids is 1. The van der Waals surface area contributed by atoms with Crippen LogP contribution in [0.2, 0.25) is 0 Å². The van der Waals surface area contributed by atoms with Crippen molar-refractivity contribution in [3.8, 4) is 5.75 Å². The fourth-order valence-corrected chi connectivity index (χ4v) is 3.42. The number of ether oxygens (including phenoxy) is 1. The van der Waals surface area contributed by atoms with Crippen LogP contribution in [0.25, 0.3) is 0 Å². The molecule has 1 amide bonds. The molecule has 0 radical (unpaired) electrons. The average molecular weight is 370 g/mol. The smallest absolute Gasteiger partial charge is 0.254 e. The van der Waals surface area contributed by atoms with Gasteiger partial charge in [-0.2, -0.15) is 5.10 Å². The maximum atomic E-state index is 12.8. The second-order valence-corrected chi connectivity index (χ2v) is 7.57. The van der Waals surface area contributed by atoms with Crippen molar-refractivity contribution in [3.05, 3.63) is 46.8 Å². The number of carbonyl (C=O) groups is 1. The number of benzene rings is 1. The summed E-state index contributed by atoms with van der Waals surface area (Å²) in [5.74, 6) is 0.842. The number of hydrogen-bond donors (Lipinski definition) is 0. The van der Waals surface area contributed by atoms with Gasteiger partial charge in [-0.3, -0.25) is 14.4 Å². The Morgan fingerprint density at radius 2 is 1.89 bits per heavy atom. The highest BCUT2D eigenvalue weighted by molar-refractivity contribution is 5.94. The zero-order valence-corrected chi connectivity index (χ0v) is 17.0. The molecule has 0 aliphatic carbocycles. The average Bonchev–Trinajstić information content (AvgIpc) is 3.03. The highest BCUT2D eigenvalue weighted by Gasteiger charge is 2.23. The first-order valence-electron chi connectivity index (χ1n) is 9.60. The summed E-state index contributed by atoms with van der Waals surface area (Å²) < 4.78 is 7.37. The summed E-state index contributed by atoms with van der Waals surface area (Å²) in [6.45, 7) is 12.5. The highest BCUT2D eigenvalue weighted by Crippen LogP contribution is 2.21. The molecule has 0 unspecified atom stereocenters. The molecule has 3 rings (SSSR count). The van der Waals surface area contributed by atoms with E-state index in [0.717, 1.165) is 49.7 Å². The van der Waals surface area contributed by atoms with E-state index in [0.29, 0.717) is 11.6 Å². The largest absolute Gasteiger partial charge is 0.496 e. The van der Waals surface area contributed by atoms with Crippen LogP contribution in [0, 0.1) is 13.8 Å². The predicted octanol–water partition coefficient (Wildman–Crippen LogP) is 3.05. The Morgan fingerprint density at radius 1 is 1.19 bits per heavy atom. The molecule has 27 heavy (non-hydrogen) atoms. The summed E-state index contributed by atoms with van der Waals surface area (Å²) in [5.41, 5.74) is 4.09. The fourth-order valence-electron chi connectivity index (χ4n) is 3.42. The molecule has 2 aromatic rings. The van der Waals surface area contributed by atoms with E-state index in [1.54, 1.807) is 7.11 Å². The summed E-state index contributed by atoms with van der Waals surface area (Å²) in [5, 5.41) is 4.60. The van der Waals surface area contributed by atoms with Crippen molar-refractivity contribution in [1.82, 2.24) is 19.6 Å². The topological polar surface area (TPSA) is 50.6 Å². The van der Waals surface area contributed by atoms with Gasteiger partial charge in [0.25, 0.3) is 5.91 Å². The molecule has 1 fully saturated rings. The van der Waals surface area contributed by atoms with Gasteiger partial charge >= 0.3 is 0 Å². The minimum atomic E-state index is 0.0803. The van der Waals surface area contributed by atoms with Crippen molar-refractivity contribution >= 4 is 5.91 Å². The van der Waals surface area contributed by atoms with E-state index in [4.69, 9.17) is 4.74 Å². The second kappa shape index (κ2) is 8.13. The normalized spacial score (nSPS) is 15.4. The highest BCUT2D eigenvalue weighted by atomic mass is 16.5. The van der Waals surface area contributed by atoms with Gasteiger partial charge in [0.05, 0.1) is 12.8 Å². The molecule has 0 bridgehead atoms. The van der Waals surface area contributed by atoms with E-state index in [1.807, 2.05) is 34.7 Å². The molecule has 1 aliphatic rings. The third-order valence-electron chi connectivity index (χ3n) is 5.26. The first-order chi connectivity index (χ1) is 12.9. The number of amides is 1. The number of piperazine rings is 1. The minimum Gasteiger partial charge on any atom is -0.496 e. The number of aryl methyl sites for hydroxylation is 2. The number of nitrogens with zero attached hydrogens (tertiary/aromatic N) is 4. The molecule has 0 N–H and O–H groups in total. The van der Waals surface area contributed by atoms with Gasteiger partial charge in [0, 0.05) is 56.1 Å². The summed E-state index contributed by atoms with van der Waals surface area (Å²) in [6, 6.07) is 6.04. The number of hydrogen-bond acceptors (Lipinski definition) is 4. The van der Waals surface area contributed by atoms with Crippen molar-refractivity contribution in [2.75, 3.05) is 33.3 Å². The van der Waals surface area contributed by atoms with Crippen LogP contribution >= 0.6 is 0 Å². The summed E-state index contributed by atoms with van der Waals surface area (Å²) in [7, 11) is 1.64. The Balaban J connectivity index is 1.59. The zero-order chi connectivity index (χ0) is 19.6. The van der Waals surface area contributed by atoms with Gasteiger partial charge in [-0.05, 0) is 45.4 Å². The van der Waals surface area contributed by atoms with Gasteiger partial charge < -0.3 is 9.64 Å². The SMILES string of the molecule is COc1cc(C(=O)N2CCN(Cc3cn(C(C)C)nc3C)CC2)ccc1C. The zero-order valence-electron chi connectivity index (χ0n) is 17.0. The molecule has 2 heterocycles. The van der Waals surface area contributed by atoms with E-state index in [2.05, 4.69) is 37.0 Å². The minimum absolute atomic E-state index is 0.0803. The van der Waals surface area contributed by atoms with E-state index < -0.39 is 0 Å². The molecule has 6 heteroatoms. The Labute approximate surface area is 161 Å². The molecule has 1 aromatic heterocycles. The lowest BCUT2D eigenvalue weighted by molar-refractivity contribution is 0.0628. The Morgan fingerprint density at radius 3 is 2.48 bits per heavy atom. The molecule has 0 saturated carbocycles. The summed E-state index contributed by atoms with van der Waals surface area (Å²) in [6.07, 6.45) is 2.15. The van der Waals surface area contributed by atoms with E-state index in [-0.39, 0.29) is 5.91 Å². The number of methoxy groups -OCH3 is 1. The first kappa shape index (κ1) is 19.4. The molecule has 146 valence electrons. The summed E-state index contributed by atoms with van der Waals surface area (Å²) >= 11 is 0. The Kier molecular flexibility index (Phi) is 5.85. The van der Waals surface area contributed by atoms with Gasteiger partial charge in [0.1, 0.15) is 5.75 Å². The second-order valence-electron chi connectivity index (χ2n) is 7.57. The van der Waals surface area contributed by atoms with Crippen molar-refractivity contribution in [2.45, 2.75) is 40.3 Å². The quantitative estimate of drug-likeness (QED) is 0.812. The molecule has 0 atom stereocenters. The van der Waals surface area contributed by atoms with Crippen LogP contribution in [0.1, 0.15) is 47.1 Å². The van der Waals surface area contributed by atoms with Gasteiger partial charge in [-0.1, -0.05) is 6.07 Å². The number of aromatic nitrogens is 2. The van der Waals surface area contributed by atoms with Crippen molar-refractivity contribution in [1.29, 1.82) is 0 Å². The van der Waals surface area contributed by atoms with Gasteiger partial charge in [0.2, 0.25) is 0 Å². The van der Waals surface area contributed by atoms with Crippen LogP contribution < -0.4 is 4.74 Å². The third kappa shape index (κ3) is 4.33. The van der Waals surface area contributed by atoms with Crippen LogP contribution in [-0.4, -0.2) is 58.8 Å². The number of rotatable bonds is 5. The molecule has 1 saturated heterocycles. The lowest BCUT2D eigenvalue weighted by Gasteiger charge is -2.34. The fraction of sp³-hybridized carbons (Fsp3) is 0.524. The van der Waals surface area contributed by atoms with Crippen LogP contribution in [0.4, 0.5) is 0 Å². The lowest BCUT2D eigenvalue weighted by Crippen LogP contribution is -2.48. The van der Waals surface area contributed by atoms with E-state index in [9.17, 15) is 4.79 Å². The molecule has 1 aliphatic heterocycles. The van der Waals surface area contributed by atoms with Gasteiger partial charge in [-0.15, -0.1) is 0 Å². The maximum Gasteiger partial charge on any atom is 0.254 e. The Bertz CT molecular complexity index is 805. The molecular formula is C21H30N4O2. The van der Waals surface area contributed by atoms with Crippen molar-refractivity contribution < 1.29 is 9.53 Å². The first-order valence-corrected chi connectivity index (χ1v) is 9.60. The lowest BCUT2D eigenvalue weighted by atomic mass is 10.1. The third-order valence-corrected chi connectivity index (χ3v) is 5.26. The molecule has 0 spiro atoms. The van der Waals surface area contributed by atoms with Crippen molar-refractivity contribution in [3.63, 3.8) is 0 Å².